The molecule has 0 atom stereocenters. The Morgan fingerprint density at radius 1 is 0.627 bits per heavy atom. The summed E-state index contributed by atoms with van der Waals surface area (Å²) >= 11 is 8.35. The van der Waals surface area contributed by atoms with Gasteiger partial charge < -0.3 is 19.4 Å². The summed E-state index contributed by atoms with van der Waals surface area (Å²) < 4.78 is 11.5. The maximum atomic E-state index is 5.66. The predicted octanol–water partition coefficient (Wildman–Crippen LogP) is 10.9. The summed E-state index contributed by atoms with van der Waals surface area (Å²) in [5.74, 6) is 6.41. The average molecular weight is 745 g/mol. The highest BCUT2D eigenvalue weighted by molar-refractivity contribution is 8.18. The predicted molar refractivity (Wildman–Crippen MR) is 223 cm³/mol. The lowest BCUT2D eigenvalue weighted by Crippen LogP contribution is -2.37. The first kappa shape index (κ1) is 32.9. The Labute approximate surface area is 314 Å². The number of methoxy groups -OCH3 is 2. The lowest BCUT2D eigenvalue weighted by molar-refractivity contribution is 0.415. The minimum absolute atomic E-state index is 0.233. The average Bonchev–Trinajstić information content (AvgIpc) is 4.01. The molecule has 8 bridgehead atoms. The number of ether oxygens (including phenoxy) is 2. The van der Waals surface area contributed by atoms with Crippen molar-refractivity contribution in [2.24, 2.45) is 5.41 Å². The van der Waals surface area contributed by atoms with Crippen LogP contribution in [0.2, 0.25) is 0 Å². The minimum Gasteiger partial charge on any atom is -0.497 e. The zero-order chi connectivity index (χ0) is 34.4. The molecule has 4 aliphatic rings. The Kier molecular flexibility index (Phi) is 8.96. The minimum atomic E-state index is 0.233. The van der Waals surface area contributed by atoms with Crippen LogP contribution in [0.15, 0.2) is 78.9 Å². The van der Waals surface area contributed by atoms with E-state index in [1.54, 1.807) is 14.2 Å². The van der Waals surface area contributed by atoms with Crippen LogP contribution in [0.25, 0.3) is 68.6 Å². The third-order valence-electron chi connectivity index (χ3n) is 9.63. The van der Waals surface area contributed by atoms with Crippen molar-refractivity contribution in [3.63, 3.8) is 0 Å². The third-order valence-corrected chi connectivity index (χ3v) is 16.1. The van der Waals surface area contributed by atoms with E-state index in [1.807, 2.05) is 24.3 Å². The number of aromatic amines is 2. The molecular formula is C41H36N4O2S4. The SMILES string of the molecule is COc1cccc(-c2c3nc(c(C4SCC5(CSCSC5)CS4)c4ccc([nH]4)c(-c4cccc(OC)c4)c4nc(cc5ccc2[nH]5)C=C4)C=C3)c1. The molecule has 2 fully saturated rings. The molecular weight excluding hydrogens is 709 g/mol. The molecule has 0 unspecified atom stereocenters. The summed E-state index contributed by atoms with van der Waals surface area (Å²) in [6.45, 7) is 0. The monoisotopic (exact) mass is 744 g/mol. The van der Waals surface area contributed by atoms with Crippen molar-refractivity contribution in [2.45, 2.75) is 4.58 Å². The second kappa shape index (κ2) is 13.9. The maximum absolute atomic E-state index is 5.66. The quantitative estimate of drug-likeness (QED) is 0.180. The largest absolute Gasteiger partial charge is 0.497 e. The first-order valence-electron chi connectivity index (χ1n) is 16.9. The van der Waals surface area contributed by atoms with Crippen molar-refractivity contribution < 1.29 is 9.47 Å². The highest BCUT2D eigenvalue weighted by Gasteiger charge is 2.39. The molecule has 9 rings (SSSR count). The summed E-state index contributed by atoms with van der Waals surface area (Å²) in [4.78, 5) is 18.2. The van der Waals surface area contributed by atoms with E-state index in [0.717, 1.165) is 90.1 Å². The van der Waals surface area contributed by atoms with Gasteiger partial charge in [-0.15, -0.1) is 23.5 Å². The normalized spacial score (nSPS) is 16.8. The van der Waals surface area contributed by atoms with Crippen molar-refractivity contribution in [3.8, 4) is 33.8 Å². The van der Waals surface area contributed by atoms with Crippen LogP contribution in [0, 0.1) is 5.41 Å². The van der Waals surface area contributed by atoms with E-state index in [4.69, 9.17) is 19.4 Å². The number of nitrogens with one attached hydrogen (secondary N) is 2. The van der Waals surface area contributed by atoms with Gasteiger partial charge in [0, 0.05) is 72.3 Å². The van der Waals surface area contributed by atoms with Gasteiger partial charge in [0.05, 0.1) is 41.6 Å². The van der Waals surface area contributed by atoms with Gasteiger partial charge >= 0.3 is 0 Å². The van der Waals surface area contributed by atoms with Crippen LogP contribution in [-0.2, 0) is 0 Å². The molecule has 6 nitrogen and oxygen atoms in total. The van der Waals surface area contributed by atoms with Crippen LogP contribution >= 0.6 is 47.0 Å². The molecule has 256 valence electrons. The molecule has 10 heteroatoms. The van der Waals surface area contributed by atoms with Crippen molar-refractivity contribution in [1.82, 2.24) is 19.9 Å². The summed E-state index contributed by atoms with van der Waals surface area (Å²) in [6, 6.07) is 27.2. The zero-order valence-electron chi connectivity index (χ0n) is 28.3. The van der Waals surface area contributed by atoms with Gasteiger partial charge in [0.2, 0.25) is 0 Å². The molecule has 5 aromatic rings. The number of fused-ring (bicyclic) bond motifs is 8. The van der Waals surface area contributed by atoms with Gasteiger partial charge in [-0.1, -0.05) is 24.3 Å². The van der Waals surface area contributed by atoms with Crippen LogP contribution in [0.4, 0.5) is 0 Å². The molecule has 4 aliphatic heterocycles. The molecule has 0 aliphatic carbocycles. The lowest BCUT2D eigenvalue weighted by atomic mass is 9.99. The first-order chi connectivity index (χ1) is 25.1. The summed E-state index contributed by atoms with van der Waals surface area (Å²) in [6.07, 6.45) is 8.57. The lowest BCUT2D eigenvalue weighted by Gasteiger charge is -2.41. The maximum Gasteiger partial charge on any atom is 0.119 e. The molecule has 2 aromatic carbocycles. The number of aromatic nitrogens is 4. The number of H-pyrrole nitrogens is 2. The van der Waals surface area contributed by atoms with E-state index in [0.29, 0.717) is 5.41 Å². The number of thioether (sulfide) groups is 4. The molecule has 0 radical (unpaired) electrons. The Morgan fingerprint density at radius 3 is 1.94 bits per heavy atom. The van der Waals surface area contributed by atoms with E-state index in [-0.39, 0.29) is 4.58 Å². The van der Waals surface area contributed by atoms with Gasteiger partial charge in [0.1, 0.15) is 11.5 Å². The van der Waals surface area contributed by atoms with Gasteiger partial charge in [-0.05, 0) is 90.0 Å². The van der Waals surface area contributed by atoms with Gasteiger partial charge in [0.25, 0.3) is 0 Å². The van der Waals surface area contributed by atoms with Crippen LogP contribution in [0.3, 0.4) is 0 Å². The Morgan fingerprint density at radius 2 is 1.24 bits per heavy atom. The topological polar surface area (TPSA) is 75.8 Å². The van der Waals surface area contributed by atoms with Gasteiger partial charge in [-0.2, -0.15) is 23.5 Å². The van der Waals surface area contributed by atoms with Crippen molar-refractivity contribution in [2.75, 3.05) is 42.3 Å². The Bertz CT molecular complexity index is 2320. The van der Waals surface area contributed by atoms with E-state index < -0.39 is 0 Å². The zero-order valence-corrected chi connectivity index (χ0v) is 31.5. The fourth-order valence-corrected chi connectivity index (χ4v) is 13.8. The molecule has 0 saturated carbocycles. The summed E-state index contributed by atoms with van der Waals surface area (Å²) in [5.41, 5.74) is 13.5. The molecule has 1 spiro atoms. The molecule has 3 aromatic heterocycles. The number of hydrogen-bond acceptors (Lipinski definition) is 8. The highest BCUT2D eigenvalue weighted by Crippen LogP contribution is 2.54. The van der Waals surface area contributed by atoms with E-state index in [1.165, 1.54) is 22.2 Å². The smallest absolute Gasteiger partial charge is 0.119 e. The third kappa shape index (κ3) is 6.41. The van der Waals surface area contributed by atoms with Crippen molar-refractivity contribution in [1.29, 1.82) is 0 Å². The highest BCUT2D eigenvalue weighted by atomic mass is 32.2. The number of nitrogens with zero attached hydrogens (tertiary/aromatic N) is 2. The summed E-state index contributed by atoms with van der Waals surface area (Å²) in [7, 11) is 3.42. The summed E-state index contributed by atoms with van der Waals surface area (Å²) in [5, 5.41) is 1.21. The number of benzene rings is 2. The van der Waals surface area contributed by atoms with Gasteiger partial charge in [-0.3, -0.25) is 0 Å². The standard InChI is InChI=1S/C41H36N4O2S4/c1-46-29-7-3-5-25(17-29)37-31-11-9-27(42-31)19-28-10-12-32(43-28)38(26-6-4-8-30(18-26)47-2)34-14-16-36(45-34)39(35-15-13-33(37)44-35)40-50-22-41(23-51-40)20-48-24-49-21-41/h3-19,40,42,45H,20-24H2,1-2H3. The Hall–Kier alpha value is -3.96. The van der Waals surface area contributed by atoms with E-state index >= 15 is 0 Å². The van der Waals surface area contributed by atoms with Gasteiger partial charge in [-0.25, -0.2) is 9.97 Å². The number of rotatable bonds is 5. The van der Waals surface area contributed by atoms with Crippen LogP contribution in [-0.4, -0.2) is 62.3 Å². The van der Waals surface area contributed by atoms with Crippen LogP contribution in [0.1, 0.15) is 32.9 Å². The first-order valence-corrected chi connectivity index (χ1v) is 21.3. The Balaban J connectivity index is 1.33. The fraction of sp³-hybridized carbons (Fsp3) is 0.220. The van der Waals surface area contributed by atoms with Gasteiger partial charge in [0.15, 0.2) is 0 Å². The fourth-order valence-electron chi connectivity index (χ4n) is 7.12. The van der Waals surface area contributed by atoms with Crippen molar-refractivity contribution in [3.05, 3.63) is 107 Å². The molecule has 2 saturated heterocycles. The molecule has 0 amide bonds. The van der Waals surface area contributed by atoms with Crippen LogP contribution < -0.4 is 9.47 Å². The van der Waals surface area contributed by atoms with E-state index in [9.17, 15) is 0 Å². The van der Waals surface area contributed by atoms with Crippen LogP contribution in [0.5, 0.6) is 11.5 Å². The van der Waals surface area contributed by atoms with E-state index in [2.05, 4.69) is 136 Å². The van der Waals surface area contributed by atoms with Crippen molar-refractivity contribution >= 4 is 93.4 Å². The molecule has 2 N–H and O–H groups in total. The second-order valence-electron chi connectivity index (χ2n) is 13.1. The molecule has 51 heavy (non-hydrogen) atoms. The number of hydrogen-bond donors (Lipinski definition) is 2. The second-order valence-corrected chi connectivity index (χ2v) is 17.9. The molecule has 7 heterocycles.